The number of aryl methyl sites for hydroxylation is 1. The standard InChI is InChI=1S/C20H26BrN6O8P/c1-12-9-27(20(29)23-19(12)28)18-8-16(24-26-22)17(34-18)11-33-36(30,25-13(2)10-32-31-3)35-15-6-4-14(21)5-7-15/h4-7,9,13,16-18,25,30H,8,10-11H2,1-3H3/p+1/t13?,16?,17-,18-,36?/m1/s1. The highest BCUT2D eigenvalue weighted by Crippen LogP contribution is 2.53. The summed E-state index contributed by atoms with van der Waals surface area (Å²) in [6.45, 7) is 3.14. The van der Waals surface area contributed by atoms with Gasteiger partial charge >= 0.3 is 13.8 Å². The second-order valence-corrected chi connectivity index (χ2v) is 10.6. The molecule has 5 atom stereocenters. The maximum Gasteiger partial charge on any atom is 0.544 e. The number of hydrogen-bond donors (Lipinski definition) is 3. The van der Waals surface area contributed by atoms with E-state index < -0.39 is 43.8 Å². The molecule has 3 unspecified atom stereocenters. The summed E-state index contributed by atoms with van der Waals surface area (Å²) >= 11 is 3.34. The number of H-pyrrole nitrogens is 1. The Kier molecular flexibility index (Phi) is 10.0. The van der Waals surface area contributed by atoms with Crippen molar-refractivity contribution >= 4 is 24.0 Å². The molecular formula is C20H27BrN6O8P+. The smallest absolute Gasteiger partial charge is 0.352 e. The fourth-order valence-electron chi connectivity index (χ4n) is 3.41. The molecule has 0 saturated carbocycles. The number of aromatic amines is 1. The Labute approximate surface area is 214 Å². The first-order chi connectivity index (χ1) is 17.1. The van der Waals surface area contributed by atoms with Crippen molar-refractivity contribution in [3.05, 3.63) is 71.8 Å². The van der Waals surface area contributed by atoms with Gasteiger partial charge in [0.15, 0.2) is 5.75 Å². The van der Waals surface area contributed by atoms with Crippen LogP contribution < -0.4 is 20.9 Å². The van der Waals surface area contributed by atoms with Gasteiger partial charge in [-0.15, -0.1) is 5.09 Å². The normalized spacial score (nSPS) is 22.0. The lowest BCUT2D eigenvalue weighted by Gasteiger charge is -2.23. The zero-order valence-corrected chi connectivity index (χ0v) is 22.2. The first-order valence-corrected chi connectivity index (χ1v) is 13.2. The van der Waals surface area contributed by atoms with E-state index in [2.05, 4.69) is 40.9 Å². The summed E-state index contributed by atoms with van der Waals surface area (Å²) < 4.78 is 19.6. The first-order valence-electron chi connectivity index (χ1n) is 10.8. The van der Waals surface area contributed by atoms with Gasteiger partial charge in [-0.3, -0.25) is 18.9 Å². The van der Waals surface area contributed by atoms with Gasteiger partial charge < -0.3 is 4.74 Å². The Morgan fingerprint density at radius 3 is 2.81 bits per heavy atom. The molecule has 0 spiro atoms. The molecule has 0 aliphatic carbocycles. The molecule has 196 valence electrons. The lowest BCUT2D eigenvalue weighted by atomic mass is 10.1. The minimum atomic E-state index is -3.75. The quantitative estimate of drug-likeness (QED) is 0.0836. The van der Waals surface area contributed by atoms with Crippen molar-refractivity contribution in [1.82, 2.24) is 14.6 Å². The van der Waals surface area contributed by atoms with Gasteiger partial charge in [0.1, 0.15) is 19.4 Å². The zero-order chi connectivity index (χ0) is 26.3. The Balaban J connectivity index is 1.78. The SMILES string of the molecule is COOCC(C)N[P+](O)(OC[C@H]1O[C@@H](n2cc(C)c(=O)[nH]c2=O)CC1N=[N+]=[N-])Oc1ccc(Br)cc1. The lowest BCUT2D eigenvalue weighted by molar-refractivity contribution is -0.274. The molecule has 1 fully saturated rings. The summed E-state index contributed by atoms with van der Waals surface area (Å²) in [5.74, 6) is 0.341. The minimum Gasteiger partial charge on any atom is -0.352 e. The molecule has 16 heteroatoms. The molecule has 0 amide bonds. The van der Waals surface area contributed by atoms with E-state index in [9.17, 15) is 14.5 Å². The van der Waals surface area contributed by atoms with Gasteiger partial charge in [-0.2, -0.15) is 9.42 Å². The van der Waals surface area contributed by atoms with Gasteiger partial charge in [-0.05, 0) is 43.6 Å². The maximum absolute atomic E-state index is 12.3. The maximum atomic E-state index is 12.3. The number of azide groups is 1. The van der Waals surface area contributed by atoms with Crippen molar-refractivity contribution in [1.29, 1.82) is 0 Å². The van der Waals surface area contributed by atoms with Crippen LogP contribution in [0.15, 0.2) is 49.6 Å². The van der Waals surface area contributed by atoms with Gasteiger partial charge in [-0.25, -0.2) is 14.6 Å². The average molecular weight is 590 g/mol. The highest BCUT2D eigenvalue weighted by molar-refractivity contribution is 9.10. The summed E-state index contributed by atoms with van der Waals surface area (Å²) in [5, 5.41) is 6.64. The van der Waals surface area contributed by atoms with Crippen LogP contribution >= 0.6 is 24.0 Å². The third kappa shape index (κ3) is 7.59. The molecule has 2 heterocycles. The molecule has 14 nitrogen and oxygen atoms in total. The number of nitrogens with one attached hydrogen (secondary N) is 2. The summed E-state index contributed by atoms with van der Waals surface area (Å²) in [7, 11) is -2.39. The van der Waals surface area contributed by atoms with Crippen molar-refractivity contribution < 1.29 is 28.5 Å². The molecule has 0 bridgehead atoms. The van der Waals surface area contributed by atoms with E-state index in [1.165, 1.54) is 17.9 Å². The largest absolute Gasteiger partial charge is 0.544 e. The van der Waals surface area contributed by atoms with Crippen LogP contribution in [0.25, 0.3) is 10.4 Å². The second kappa shape index (κ2) is 12.8. The molecule has 36 heavy (non-hydrogen) atoms. The molecule has 1 aliphatic rings. The zero-order valence-electron chi connectivity index (χ0n) is 19.7. The molecule has 1 saturated heterocycles. The Hall–Kier alpha value is -2.32. The number of ether oxygens (including phenoxy) is 1. The predicted octanol–water partition coefficient (Wildman–Crippen LogP) is 2.90. The third-order valence-electron chi connectivity index (χ3n) is 5.14. The highest BCUT2D eigenvalue weighted by atomic mass is 79.9. The van der Waals surface area contributed by atoms with E-state index in [-0.39, 0.29) is 19.6 Å². The topological polar surface area (TPSA) is 182 Å². The number of rotatable bonds is 12. The van der Waals surface area contributed by atoms with Crippen LogP contribution in [0.3, 0.4) is 0 Å². The molecule has 2 aromatic rings. The van der Waals surface area contributed by atoms with Crippen LogP contribution in [0.2, 0.25) is 0 Å². The molecule has 1 aromatic carbocycles. The van der Waals surface area contributed by atoms with Crippen molar-refractivity contribution in [2.45, 2.75) is 44.7 Å². The van der Waals surface area contributed by atoms with E-state index in [0.29, 0.717) is 11.3 Å². The lowest BCUT2D eigenvalue weighted by Crippen LogP contribution is -2.36. The Morgan fingerprint density at radius 2 is 2.14 bits per heavy atom. The Morgan fingerprint density at radius 1 is 1.42 bits per heavy atom. The second-order valence-electron chi connectivity index (χ2n) is 7.96. The Bertz CT molecular complexity index is 1190. The number of halogens is 1. The number of benzene rings is 1. The van der Waals surface area contributed by atoms with E-state index in [4.69, 9.17) is 24.2 Å². The molecule has 1 aliphatic heterocycles. The number of nitrogens with zero attached hydrogens (tertiary/aromatic N) is 4. The van der Waals surface area contributed by atoms with Crippen LogP contribution in [-0.2, 0) is 19.0 Å². The number of aromatic nitrogens is 2. The first kappa shape index (κ1) is 28.3. The monoisotopic (exact) mass is 589 g/mol. The van der Waals surface area contributed by atoms with Gasteiger partial charge in [0.25, 0.3) is 5.56 Å². The van der Waals surface area contributed by atoms with Crippen molar-refractivity contribution in [2.24, 2.45) is 5.11 Å². The van der Waals surface area contributed by atoms with Crippen LogP contribution in [0.5, 0.6) is 5.75 Å². The molecule has 3 rings (SSSR count). The van der Waals surface area contributed by atoms with Gasteiger partial charge in [0.2, 0.25) is 0 Å². The molecule has 1 aromatic heterocycles. The fraction of sp³-hybridized carbons (Fsp3) is 0.500. The molecule has 0 radical (unpaired) electrons. The summed E-state index contributed by atoms with van der Waals surface area (Å²) in [6.07, 6.45) is -0.115. The van der Waals surface area contributed by atoms with E-state index in [0.717, 1.165) is 4.47 Å². The molecule has 3 N–H and O–H groups in total. The van der Waals surface area contributed by atoms with Gasteiger partial charge in [0, 0.05) is 27.6 Å². The van der Waals surface area contributed by atoms with Crippen LogP contribution in [0, 0.1) is 6.92 Å². The summed E-state index contributed by atoms with van der Waals surface area (Å²) in [4.78, 5) is 49.9. The predicted molar refractivity (Wildman–Crippen MR) is 133 cm³/mol. The van der Waals surface area contributed by atoms with Crippen LogP contribution in [0.4, 0.5) is 0 Å². The minimum absolute atomic E-state index is 0.0870. The van der Waals surface area contributed by atoms with Crippen molar-refractivity contribution in [3.63, 3.8) is 0 Å². The molecular weight excluding hydrogens is 563 g/mol. The average Bonchev–Trinajstić information content (AvgIpc) is 3.23. The van der Waals surface area contributed by atoms with E-state index in [1.54, 1.807) is 38.1 Å². The van der Waals surface area contributed by atoms with Crippen molar-refractivity contribution in [3.8, 4) is 5.75 Å². The van der Waals surface area contributed by atoms with Crippen molar-refractivity contribution in [2.75, 3.05) is 20.3 Å². The highest BCUT2D eigenvalue weighted by Gasteiger charge is 2.48. The third-order valence-corrected chi connectivity index (χ3v) is 7.39. The summed E-state index contributed by atoms with van der Waals surface area (Å²) in [6, 6.07) is 5.62. The van der Waals surface area contributed by atoms with Crippen LogP contribution in [-0.4, -0.2) is 53.0 Å². The fourth-order valence-corrected chi connectivity index (χ4v) is 5.24. The summed E-state index contributed by atoms with van der Waals surface area (Å²) in [5.41, 5.74) is 8.18. The van der Waals surface area contributed by atoms with Crippen LogP contribution in [0.1, 0.15) is 25.1 Å². The number of hydrogen-bond acceptors (Lipinski definition) is 10. The van der Waals surface area contributed by atoms with E-state index in [1.807, 2.05) is 0 Å². The van der Waals surface area contributed by atoms with Gasteiger partial charge in [-0.1, -0.05) is 21.0 Å². The van der Waals surface area contributed by atoms with Gasteiger partial charge in [0.05, 0.1) is 25.3 Å². The van der Waals surface area contributed by atoms with E-state index >= 15 is 0 Å².